The maximum absolute atomic E-state index is 10.3. The van der Waals surface area contributed by atoms with E-state index in [0.717, 1.165) is 0 Å². The number of hydrogen-bond acceptors (Lipinski definition) is 5. The average Bonchev–Trinajstić information content (AvgIpc) is 2.44. The number of anilines is 1. The Balaban J connectivity index is 2.23. The molecular weight excluding hydrogens is 208 g/mol. The van der Waals surface area contributed by atoms with Crippen LogP contribution in [-0.2, 0) is 16.7 Å². The third kappa shape index (κ3) is 4.19. The molecule has 80 valence electrons. The molecular formula is C6H12N4O3S. The first-order chi connectivity index (χ1) is 6.47. The lowest BCUT2D eigenvalue weighted by Gasteiger charge is -1.98. The second-order valence-corrected chi connectivity index (χ2v) is 4.47. The van der Waals surface area contributed by atoms with Crippen LogP contribution in [0.4, 0.5) is 5.82 Å². The molecule has 3 N–H and O–H groups in total. The summed E-state index contributed by atoms with van der Waals surface area (Å²) in [5, 5.41) is 7.25. The Morgan fingerprint density at radius 3 is 2.71 bits per heavy atom. The molecule has 0 aliphatic carbocycles. The van der Waals surface area contributed by atoms with Crippen molar-refractivity contribution in [2.75, 3.05) is 11.5 Å². The number of hydrogen-bond donors (Lipinski definition) is 2. The number of nitrogens with zero attached hydrogens (tertiary/aromatic N) is 3. The highest BCUT2D eigenvalue weighted by molar-refractivity contribution is 7.85. The Bertz CT molecular complexity index is 386. The molecule has 0 atom stereocenters. The van der Waals surface area contributed by atoms with E-state index in [0.29, 0.717) is 25.2 Å². The molecule has 0 unspecified atom stereocenters. The lowest BCUT2D eigenvalue weighted by molar-refractivity contribution is 0.476. The summed E-state index contributed by atoms with van der Waals surface area (Å²) in [4.78, 5) is 0. The molecule has 0 spiro atoms. The van der Waals surface area contributed by atoms with Crippen molar-refractivity contribution in [2.45, 2.75) is 19.4 Å². The minimum atomic E-state index is -3.84. The van der Waals surface area contributed by atoms with Gasteiger partial charge in [0.2, 0.25) is 0 Å². The molecule has 0 aliphatic rings. The van der Waals surface area contributed by atoms with Gasteiger partial charge in [0.1, 0.15) is 0 Å². The number of aromatic nitrogens is 3. The van der Waals surface area contributed by atoms with Gasteiger partial charge in [0.15, 0.2) is 5.82 Å². The zero-order valence-electron chi connectivity index (χ0n) is 7.50. The molecule has 0 aliphatic heterocycles. The van der Waals surface area contributed by atoms with Crippen molar-refractivity contribution in [1.29, 1.82) is 0 Å². The fourth-order valence-corrected chi connectivity index (χ4v) is 1.55. The van der Waals surface area contributed by atoms with Gasteiger partial charge in [0, 0.05) is 6.54 Å². The quantitative estimate of drug-likeness (QED) is 0.512. The maximum atomic E-state index is 10.3. The van der Waals surface area contributed by atoms with Gasteiger partial charge in [-0.1, -0.05) is 5.21 Å². The number of rotatable bonds is 5. The van der Waals surface area contributed by atoms with Gasteiger partial charge in [0.05, 0.1) is 11.9 Å². The van der Waals surface area contributed by atoms with Gasteiger partial charge in [-0.15, -0.1) is 5.10 Å². The highest BCUT2D eigenvalue weighted by Gasteiger charge is 2.03. The van der Waals surface area contributed by atoms with Gasteiger partial charge in [-0.05, 0) is 12.8 Å². The van der Waals surface area contributed by atoms with E-state index >= 15 is 0 Å². The number of nitrogen functional groups attached to an aromatic ring is 1. The van der Waals surface area contributed by atoms with Crippen LogP contribution in [0.3, 0.4) is 0 Å². The molecule has 1 heterocycles. The molecule has 1 aromatic rings. The summed E-state index contributed by atoms with van der Waals surface area (Å²) in [6, 6.07) is 0. The zero-order chi connectivity index (χ0) is 10.6. The van der Waals surface area contributed by atoms with Crippen LogP contribution in [0, 0.1) is 0 Å². The smallest absolute Gasteiger partial charge is 0.264 e. The molecule has 0 saturated carbocycles. The number of unbranched alkanes of at least 4 members (excludes halogenated alkanes) is 1. The van der Waals surface area contributed by atoms with Crippen molar-refractivity contribution in [3.63, 3.8) is 0 Å². The lowest BCUT2D eigenvalue weighted by Crippen LogP contribution is -2.06. The van der Waals surface area contributed by atoms with Crippen molar-refractivity contribution in [3.8, 4) is 0 Å². The topological polar surface area (TPSA) is 111 Å². The average molecular weight is 220 g/mol. The first kappa shape index (κ1) is 10.9. The van der Waals surface area contributed by atoms with E-state index in [-0.39, 0.29) is 5.75 Å². The van der Waals surface area contributed by atoms with Crippen LogP contribution >= 0.6 is 0 Å². The second-order valence-electron chi connectivity index (χ2n) is 2.90. The summed E-state index contributed by atoms with van der Waals surface area (Å²) in [5.41, 5.74) is 5.32. The van der Waals surface area contributed by atoms with Gasteiger partial charge >= 0.3 is 0 Å². The van der Waals surface area contributed by atoms with E-state index in [9.17, 15) is 8.42 Å². The van der Waals surface area contributed by atoms with Gasteiger partial charge in [-0.25, -0.2) is 0 Å². The minimum Gasteiger partial charge on any atom is -0.381 e. The van der Waals surface area contributed by atoms with E-state index in [1.165, 1.54) is 4.68 Å². The molecule has 14 heavy (non-hydrogen) atoms. The monoisotopic (exact) mass is 220 g/mol. The van der Waals surface area contributed by atoms with E-state index in [1.54, 1.807) is 6.20 Å². The van der Waals surface area contributed by atoms with Crippen molar-refractivity contribution >= 4 is 15.9 Å². The van der Waals surface area contributed by atoms with Crippen LogP contribution in [0.15, 0.2) is 6.20 Å². The summed E-state index contributed by atoms with van der Waals surface area (Å²) in [5.74, 6) is 0.108. The van der Waals surface area contributed by atoms with Crippen molar-refractivity contribution in [1.82, 2.24) is 15.0 Å². The van der Waals surface area contributed by atoms with Crippen molar-refractivity contribution in [2.24, 2.45) is 0 Å². The largest absolute Gasteiger partial charge is 0.381 e. The Morgan fingerprint density at radius 1 is 1.50 bits per heavy atom. The fourth-order valence-electron chi connectivity index (χ4n) is 0.981. The molecule has 8 heteroatoms. The van der Waals surface area contributed by atoms with Crippen LogP contribution in [0.25, 0.3) is 0 Å². The van der Waals surface area contributed by atoms with Gasteiger partial charge in [-0.3, -0.25) is 9.23 Å². The Hall–Kier alpha value is -1.15. The summed E-state index contributed by atoms with van der Waals surface area (Å²) in [6.45, 7) is 0.541. The summed E-state index contributed by atoms with van der Waals surface area (Å²) >= 11 is 0. The van der Waals surface area contributed by atoms with Crippen LogP contribution < -0.4 is 5.73 Å². The first-order valence-corrected chi connectivity index (χ1v) is 5.69. The van der Waals surface area contributed by atoms with Crippen LogP contribution in [0.5, 0.6) is 0 Å². The lowest BCUT2D eigenvalue weighted by atomic mass is 10.3. The molecule has 7 nitrogen and oxygen atoms in total. The van der Waals surface area contributed by atoms with E-state index in [1.807, 2.05) is 0 Å². The van der Waals surface area contributed by atoms with Crippen LogP contribution in [0.2, 0.25) is 0 Å². The maximum Gasteiger partial charge on any atom is 0.264 e. The molecule has 1 aromatic heterocycles. The Kier molecular flexibility index (Phi) is 3.42. The zero-order valence-corrected chi connectivity index (χ0v) is 8.31. The molecule has 0 bridgehead atoms. The van der Waals surface area contributed by atoms with E-state index < -0.39 is 10.1 Å². The standard InChI is InChI=1S/C6H12N4O3S/c7-6-5-10(9-8-6)3-1-2-4-14(11,12)13/h5H,1-4,7H2,(H,11,12,13). The van der Waals surface area contributed by atoms with E-state index in [2.05, 4.69) is 10.3 Å². The normalized spacial score (nSPS) is 11.8. The summed E-state index contributed by atoms with van der Waals surface area (Å²) in [6.07, 6.45) is 2.55. The minimum absolute atomic E-state index is 0.225. The number of aryl methyl sites for hydroxylation is 1. The third-order valence-corrected chi connectivity index (χ3v) is 2.40. The van der Waals surface area contributed by atoms with Crippen molar-refractivity contribution in [3.05, 3.63) is 6.20 Å². The van der Waals surface area contributed by atoms with Gasteiger partial charge in [0.25, 0.3) is 10.1 Å². The molecule has 0 amide bonds. The summed E-state index contributed by atoms with van der Waals surface area (Å²) in [7, 11) is -3.84. The Morgan fingerprint density at radius 2 is 2.21 bits per heavy atom. The van der Waals surface area contributed by atoms with Gasteiger partial charge < -0.3 is 5.73 Å². The van der Waals surface area contributed by atoms with Crippen LogP contribution in [0.1, 0.15) is 12.8 Å². The second kappa shape index (κ2) is 4.38. The first-order valence-electron chi connectivity index (χ1n) is 4.08. The van der Waals surface area contributed by atoms with E-state index in [4.69, 9.17) is 10.3 Å². The fraction of sp³-hybridized carbons (Fsp3) is 0.667. The number of nitrogens with two attached hydrogens (primary N) is 1. The molecule has 0 fully saturated rings. The molecule has 1 rings (SSSR count). The SMILES string of the molecule is Nc1cn(CCCCS(=O)(=O)O)nn1. The molecule has 0 saturated heterocycles. The molecule has 0 radical (unpaired) electrons. The predicted molar refractivity (Wildman–Crippen MR) is 50.1 cm³/mol. The van der Waals surface area contributed by atoms with Gasteiger partial charge in [-0.2, -0.15) is 8.42 Å². The molecule has 0 aromatic carbocycles. The Labute approximate surface area is 81.7 Å². The highest BCUT2D eigenvalue weighted by atomic mass is 32.2. The predicted octanol–water partition coefficient (Wildman–Crippen LogP) is -0.472. The third-order valence-electron chi connectivity index (χ3n) is 1.60. The highest BCUT2D eigenvalue weighted by Crippen LogP contribution is 1.99. The summed E-state index contributed by atoms with van der Waals surface area (Å²) < 4.78 is 30.7. The van der Waals surface area contributed by atoms with Crippen LogP contribution in [-0.4, -0.2) is 33.7 Å². The van der Waals surface area contributed by atoms with Crippen molar-refractivity contribution < 1.29 is 13.0 Å².